The van der Waals surface area contributed by atoms with E-state index in [0.29, 0.717) is 42.7 Å². The van der Waals surface area contributed by atoms with Crippen LogP contribution in [0.25, 0.3) is 0 Å². The summed E-state index contributed by atoms with van der Waals surface area (Å²) in [6.45, 7) is 7.79. The maximum absolute atomic E-state index is 13.0. The van der Waals surface area contributed by atoms with Gasteiger partial charge in [-0.2, -0.15) is 0 Å². The van der Waals surface area contributed by atoms with Gasteiger partial charge in [0.25, 0.3) is 5.91 Å². The summed E-state index contributed by atoms with van der Waals surface area (Å²) in [5.74, 6) is 2.80. The highest BCUT2D eigenvalue weighted by atomic mass is 79.9. The summed E-state index contributed by atoms with van der Waals surface area (Å²) < 4.78 is 12.2. The van der Waals surface area contributed by atoms with E-state index in [4.69, 9.17) is 9.47 Å². The Bertz CT molecular complexity index is 819. The van der Waals surface area contributed by atoms with Gasteiger partial charge in [0.2, 0.25) is 0 Å². The van der Waals surface area contributed by atoms with Crippen LogP contribution in [0.2, 0.25) is 0 Å². The fourth-order valence-electron chi connectivity index (χ4n) is 3.20. The van der Waals surface area contributed by atoms with Crippen LogP contribution in [0, 0.1) is 5.92 Å². The lowest BCUT2D eigenvalue weighted by atomic mass is 10.1. The summed E-state index contributed by atoms with van der Waals surface area (Å²) in [5, 5.41) is 0. The molecule has 0 radical (unpaired) electrons. The Morgan fingerprint density at radius 3 is 2.52 bits per heavy atom. The second kappa shape index (κ2) is 9.96. The number of carbonyl (C=O) groups is 1. The van der Waals surface area contributed by atoms with Gasteiger partial charge in [-0.15, -0.1) is 0 Å². The van der Waals surface area contributed by atoms with Crippen LogP contribution in [0.5, 0.6) is 11.5 Å². The van der Waals surface area contributed by atoms with Crippen LogP contribution in [0.1, 0.15) is 30.6 Å². The average molecular weight is 462 g/mol. The highest BCUT2D eigenvalue weighted by molar-refractivity contribution is 9.10. The number of aromatic nitrogens is 1. The first-order valence-electron chi connectivity index (χ1n) is 9.94. The van der Waals surface area contributed by atoms with Crippen LogP contribution in [-0.4, -0.2) is 55.7 Å². The van der Waals surface area contributed by atoms with Crippen molar-refractivity contribution in [3.05, 3.63) is 46.6 Å². The maximum Gasteiger partial charge on any atom is 0.254 e. The molecular weight excluding hydrogens is 434 g/mol. The first kappa shape index (κ1) is 21.4. The predicted molar refractivity (Wildman–Crippen MR) is 118 cm³/mol. The SMILES string of the molecule is COc1cc(C(=O)N2CCN(c3ccc(Br)cn3)CC2)ccc1OCCC(C)C. The van der Waals surface area contributed by atoms with Gasteiger partial charge < -0.3 is 19.3 Å². The molecule has 7 heteroatoms. The number of nitrogens with zero attached hydrogens (tertiary/aromatic N) is 3. The molecule has 0 spiro atoms. The average Bonchev–Trinajstić information content (AvgIpc) is 2.74. The second-order valence-electron chi connectivity index (χ2n) is 7.51. The van der Waals surface area contributed by atoms with Crippen molar-refractivity contribution in [2.24, 2.45) is 5.92 Å². The van der Waals surface area contributed by atoms with Crippen LogP contribution >= 0.6 is 15.9 Å². The number of amides is 1. The summed E-state index contributed by atoms with van der Waals surface area (Å²) in [6, 6.07) is 9.39. The molecule has 1 aliphatic rings. The van der Waals surface area contributed by atoms with E-state index in [9.17, 15) is 4.79 Å². The first-order chi connectivity index (χ1) is 14.0. The molecular formula is C22H28BrN3O3. The lowest BCUT2D eigenvalue weighted by molar-refractivity contribution is 0.0746. The molecule has 1 aromatic carbocycles. The molecule has 1 amide bonds. The molecule has 1 saturated heterocycles. The van der Waals surface area contributed by atoms with Crippen molar-refractivity contribution in [3.8, 4) is 11.5 Å². The van der Waals surface area contributed by atoms with Gasteiger partial charge >= 0.3 is 0 Å². The number of anilines is 1. The molecule has 1 aliphatic heterocycles. The number of halogens is 1. The van der Waals surface area contributed by atoms with E-state index in [1.165, 1.54) is 0 Å². The highest BCUT2D eigenvalue weighted by Gasteiger charge is 2.23. The number of pyridine rings is 1. The number of carbonyl (C=O) groups excluding carboxylic acids is 1. The number of rotatable bonds is 7. The van der Waals surface area contributed by atoms with Crippen molar-refractivity contribution in [2.45, 2.75) is 20.3 Å². The second-order valence-corrected chi connectivity index (χ2v) is 8.43. The van der Waals surface area contributed by atoms with Gasteiger partial charge in [0, 0.05) is 42.4 Å². The molecule has 1 aromatic heterocycles. The lowest BCUT2D eigenvalue weighted by Crippen LogP contribution is -2.49. The maximum atomic E-state index is 13.0. The third-order valence-corrected chi connectivity index (χ3v) is 5.44. The topological polar surface area (TPSA) is 54.9 Å². The third kappa shape index (κ3) is 5.63. The summed E-state index contributed by atoms with van der Waals surface area (Å²) in [4.78, 5) is 21.5. The molecule has 0 atom stereocenters. The van der Waals surface area contributed by atoms with E-state index in [2.05, 4.69) is 39.7 Å². The largest absolute Gasteiger partial charge is 0.493 e. The Kier molecular flexibility index (Phi) is 7.36. The van der Waals surface area contributed by atoms with Gasteiger partial charge in [0.1, 0.15) is 5.82 Å². The number of ether oxygens (including phenoxy) is 2. The third-order valence-electron chi connectivity index (χ3n) is 4.97. The normalized spacial score (nSPS) is 14.2. The molecule has 0 saturated carbocycles. The minimum atomic E-state index is 0.0143. The molecule has 0 unspecified atom stereocenters. The molecule has 0 aliphatic carbocycles. The number of methoxy groups -OCH3 is 1. The van der Waals surface area contributed by atoms with Gasteiger partial charge in [-0.05, 0) is 58.6 Å². The fourth-order valence-corrected chi connectivity index (χ4v) is 3.44. The Morgan fingerprint density at radius 2 is 1.90 bits per heavy atom. The predicted octanol–water partition coefficient (Wildman–Crippen LogP) is 4.24. The monoisotopic (exact) mass is 461 g/mol. The van der Waals surface area contributed by atoms with Crippen LogP contribution in [-0.2, 0) is 0 Å². The van der Waals surface area contributed by atoms with Gasteiger partial charge in [0.15, 0.2) is 11.5 Å². The van der Waals surface area contributed by atoms with E-state index in [-0.39, 0.29) is 5.91 Å². The van der Waals surface area contributed by atoms with Crippen molar-refractivity contribution in [1.82, 2.24) is 9.88 Å². The van der Waals surface area contributed by atoms with Gasteiger partial charge in [-0.3, -0.25) is 4.79 Å². The van der Waals surface area contributed by atoms with Crippen LogP contribution in [0.15, 0.2) is 41.0 Å². The summed E-state index contributed by atoms with van der Waals surface area (Å²) >= 11 is 3.41. The number of hydrogen-bond donors (Lipinski definition) is 0. The van der Waals surface area contributed by atoms with Gasteiger partial charge in [-0.25, -0.2) is 4.98 Å². The van der Waals surface area contributed by atoms with E-state index < -0.39 is 0 Å². The van der Waals surface area contributed by atoms with E-state index in [1.54, 1.807) is 19.4 Å². The van der Waals surface area contributed by atoms with E-state index >= 15 is 0 Å². The van der Waals surface area contributed by atoms with Crippen molar-refractivity contribution >= 4 is 27.7 Å². The number of benzene rings is 1. The van der Waals surface area contributed by atoms with Gasteiger partial charge in [-0.1, -0.05) is 13.8 Å². The molecule has 2 aromatic rings. The zero-order chi connectivity index (χ0) is 20.8. The van der Waals surface area contributed by atoms with Gasteiger partial charge in [0.05, 0.1) is 13.7 Å². The van der Waals surface area contributed by atoms with Crippen molar-refractivity contribution in [3.63, 3.8) is 0 Å². The Morgan fingerprint density at radius 1 is 1.14 bits per heavy atom. The highest BCUT2D eigenvalue weighted by Crippen LogP contribution is 2.29. The van der Waals surface area contributed by atoms with E-state index in [0.717, 1.165) is 29.8 Å². The Labute approximate surface area is 180 Å². The molecule has 29 heavy (non-hydrogen) atoms. The smallest absolute Gasteiger partial charge is 0.254 e. The van der Waals surface area contributed by atoms with Crippen LogP contribution in [0.3, 0.4) is 0 Å². The number of hydrogen-bond acceptors (Lipinski definition) is 5. The van der Waals surface area contributed by atoms with Crippen molar-refractivity contribution in [2.75, 3.05) is 44.8 Å². The Hall–Kier alpha value is -2.28. The quantitative estimate of drug-likeness (QED) is 0.616. The molecule has 156 valence electrons. The summed E-state index contributed by atoms with van der Waals surface area (Å²) in [6.07, 6.45) is 2.77. The number of piperazine rings is 1. The molecule has 0 bridgehead atoms. The van der Waals surface area contributed by atoms with Crippen LogP contribution in [0.4, 0.5) is 5.82 Å². The molecule has 6 nitrogen and oxygen atoms in total. The van der Waals surface area contributed by atoms with E-state index in [1.807, 2.05) is 29.2 Å². The molecule has 0 N–H and O–H groups in total. The molecule has 2 heterocycles. The fraction of sp³-hybridized carbons (Fsp3) is 0.455. The standard InChI is InChI=1S/C22H28BrN3O3/c1-16(2)8-13-29-19-6-4-17(14-20(19)28-3)22(27)26-11-9-25(10-12-26)21-7-5-18(23)15-24-21/h4-7,14-16H,8-13H2,1-3H3. The zero-order valence-electron chi connectivity index (χ0n) is 17.2. The van der Waals surface area contributed by atoms with Crippen molar-refractivity contribution < 1.29 is 14.3 Å². The summed E-state index contributed by atoms with van der Waals surface area (Å²) in [7, 11) is 1.60. The minimum absolute atomic E-state index is 0.0143. The lowest BCUT2D eigenvalue weighted by Gasteiger charge is -2.35. The minimum Gasteiger partial charge on any atom is -0.493 e. The molecule has 3 rings (SSSR count). The first-order valence-corrected chi connectivity index (χ1v) is 10.7. The van der Waals surface area contributed by atoms with Crippen LogP contribution < -0.4 is 14.4 Å². The Balaban J connectivity index is 1.61. The van der Waals surface area contributed by atoms with Crippen molar-refractivity contribution in [1.29, 1.82) is 0 Å². The zero-order valence-corrected chi connectivity index (χ0v) is 18.8. The summed E-state index contributed by atoms with van der Waals surface area (Å²) in [5.41, 5.74) is 0.619. The molecule has 1 fully saturated rings.